The van der Waals surface area contributed by atoms with Crippen molar-refractivity contribution in [2.45, 2.75) is 32.1 Å². The van der Waals surface area contributed by atoms with Gasteiger partial charge in [-0.3, -0.25) is 14.6 Å². The maximum absolute atomic E-state index is 12.0. The molecule has 1 aliphatic heterocycles. The summed E-state index contributed by atoms with van der Waals surface area (Å²) in [5, 5.41) is 11.7. The number of aliphatic carboxylic acids is 1. The molecule has 0 fully saturated rings. The summed E-state index contributed by atoms with van der Waals surface area (Å²) in [4.78, 5) is 26.7. The highest BCUT2D eigenvalue weighted by molar-refractivity contribution is 5.97. The number of benzene rings is 1. The Labute approximate surface area is 146 Å². The van der Waals surface area contributed by atoms with Crippen LogP contribution in [0.1, 0.15) is 36.8 Å². The monoisotopic (exact) mass is 344 g/mol. The molecular weight excluding hydrogens is 320 g/mol. The van der Waals surface area contributed by atoms with E-state index in [1.165, 1.54) is 0 Å². The SMILES string of the molecule is NC(N)=NCCCC/C=C/c1ccc2c(c1)NC(=O)C(CC(=O)O)C2. The van der Waals surface area contributed by atoms with Crippen molar-refractivity contribution in [3.8, 4) is 0 Å². The maximum atomic E-state index is 12.0. The van der Waals surface area contributed by atoms with Crippen LogP contribution in [0.25, 0.3) is 6.08 Å². The number of carboxylic acids is 1. The fourth-order valence-electron chi connectivity index (χ4n) is 2.76. The first kappa shape index (κ1) is 18.5. The van der Waals surface area contributed by atoms with Gasteiger partial charge in [0.1, 0.15) is 0 Å². The molecule has 0 saturated heterocycles. The van der Waals surface area contributed by atoms with Gasteiger partial charge >= 0.3 is 5.97 Å². The van der Waals surface area contributed by atoms with Crippen LogP contribution in [-0.2, 0) is 16.0 Å². The van der Waals surface area contributed by atoms with E-state index in [1.54, 1.807) is 0 Å². The Morgan fingerprint density at radius 1 is 1.36 bits per heavy atom. The van der Waals surface area contributed by atoms with Gasteiger partial charge < -0.3 is 21.9 Å². The number of unbranched alkanes of at least 4 members (excludes halogenated alkanes) is 2. The third-order valence-corrected chi connectivity index (χ3v) is 4.03. The lowest BCUT2D eigenvalue weighted by atomic mass is 9.90. The Morgan fingerprint density at radius 2 is 2.16 bits per heavy atom. The van der Waals surface area contributed by atoms with Gasteiger partial charge in [-0.2, -0.15) is 0 Å². The van der Waals surface area contributed by atoms with Crippen LogP contribution in [0.2, 0.25) is 0 Å². The number of carbonyl (C=O) groups excluding carboxylic acids is 1. The van der Waals surface area contributed by atoms with Gasteiger partial charge in [-0.25, -0.2) is 0 Å². The normalized spacial score (nSPS) is 16.3. The predicted octanol–water partition coefficient (Wildman–Crippen LogP) is 1.73. The van der Waals surface area contributed by atoms with E-state index < -0.39 is 11.9 Å². The second-order valence-corrected chi connectivity index (χ2v) is 6.11. The molecule has 1 aliphatic rings. The minimum atomic E-state index is -0.956. The van der Waals surface area contributed by atoms with Crippen LogP contribution in [0.4, 0.5) is 5.69 Å². The number of carboxylic acid groups (broad SMARTS) is 1. The molecule has 0 spiro atoms. The first-order valence-electron chi connectivity index (χ1n) is 8.33. The van der Waals surface area contributed by atoms with E-state index in [9.17, 15) is 9.59 Å². The fourth-order valence-corrected chi connectivity index (χ4v) is 2.76. The molecule has 0 aliphatic carbocycles. The first-order chi connectivity index (χ1) is 12.0. The lowest BCUT2D eigenvalue weighted by Gasteiger charge is -2.23. The minimum absolute atomic E-state index is 0.122. The standard InChI is InChI=1S/C18H24N4O3/c19-18(20)21-8-4-2-1-3-5-12-6-7-13-10-14(11-16(23)24)17(25)22-15(13)9-12/h3,5-7,9,14H,1-2,4,8,10-11H2,(H,22,25)(H,23,24)(H4,19,20,21)/b5-3+. The summed E-state index contributed by atoms with van der Waals surface area (Å²) in [7, 11) is 0. The number of nitrogens with zero attached hydrogens (tertiary/aromatic N) is 1. The molecule has 25 heavy (non-hydrogen) atoms. The predicted molar refractivity (Wildman–Crippen MR) is 98.1 cm³/mol. The average molecular weight is 344 g/mol. The van der Waals surface area contributed by atoms with E-state index in [2.05, 4.69) is 16.4 Å². The molecule has 1 atom stereocenters. The van der Waals surface area contributed by atoms with Crippen LogP contribution < -0.4 is 16.8 Å². The molecule has 6 N–H and O–H groups in total. The lowest BCUT2D eigenvalue weighted by Crippen LogP contribution is -2.31. The van der Waals surface area contributed by atoms with Crippen molar-refractivity contribution in [3.05, 3.63) is 35.4 Å². The molecule has 1 unspecified atom stereocenters. The Bertz CT molecular complexity index is 694. The third kappa shape index (κ3) is 5.95. The van der Waals surface area contributed by atoms with Crippen molar-refractivity contribution in [1.82, 2.24) is 0 Å². The summed E-state index contributed by atoms with van der Waals surface area (Å²) in [5.74, 6) is -1.56. The number of nitrogens with two attached hydrogens (primary N) is 2. The van der Waals surface area contributed by atoms with Gasteiger partial charge in [-0.05, 0) is 42.9 Å². The summed E-state index contributed by atoms with van der Waals surface area (Å²) in [6.07, 6.45) is 7.24. The van der Waals surface area contributed by atoms with Gasteiger partial charge in [0.15, 0.2) is 5.96 Å². The van der Waals surface area contributed by atoms with Crippen LogP contribution in [0.3, 0.4) is 0 Å². The summed E-state index contributed by atoms with van der Waals surface area (Å²) in [6, 6.07) is 5.84. The van der Waals surface area contributed by atoms with Gasteiger partial charge in [0.05, 0.1) is 12.3 Å². The number of hydrogen-bond acceptors (Lipinski definition) is 3. The van der Waals surface area contributed by atoms with Crippen molar-refractivity contribution in [1.29, 1.82) is 0 Å². The van der Waals surface area contributed by atoms with E-state index >= 15 is 0 Å². The van der Waals surface area contributed by atoms with Crippen molar-refractivity contribution in [2.24, 2.45) is 22.4 Å². The highest BCUT2D eigenvalue weighted by atomic mass is 16.4. The number of allylic oxidation sites excluding steroid dienone is 1. The van der Waals surface area contributed by atoms with E-state index in [0.717, 1.165) is 36.1 Å². The van der Waals surface area contributed by atoms with Gasteiger partial charge in [-0.15, -0.1) is 0 Å². The number of anilines is 1. The summed E-state index contributed by atoms with van der Waals surface area (Å²) >= 11 is 0. The molecule has 2 rings (SSSR count). The highest BCUT2D eigenvalue weighted by Gasteiger charge is 2.27. The third-order valence-electron chi connectivity index (χ3n) is 4.03. The molecule has 7 heteroatoms. The van der Waals surface area contributed by atoms with Crippen LogP contribution in [0.5, 0.6) is 0 Å². The zero-order valence-corrected chi connectivity index (χ0v) is 14.1. The average Bonchev–Trinajstić information content (AvgIpc) is 2.54. The summed E-state index contributed by atoms with van der Waals surface area (Å²) in [6.45, 7) is 0.637. The Morgan fingerprint density at radius 3 is 2.88 bits per heavy atom. The molecule has 0 radical (unpaired) electrons. The highest BCUT2D eigenvalue weighted by Crippen LogP contribution is 2.28. The van der Waals surface area contributed by atoms with Crippen LogP contribution in [0, 0.1) is 5.92 Å². The number of carbonyl (C=O) groups is 2. The molecule has 0 saturated carbocycles. The van der Waals surface area contributed by atoms with Crippen molar-refractivity contribution >= 4 is 29.6 Å². The minimum Gasteiger partial charge on any atom is -0.481 e. The van der Waals surface area contributed by atoms with E-state index in [4.69, 9.17) is 16.6 Å². The number of aliphatic imine (C=N–C) groups is 1. The number of hydrogen-bond donors (Lipinski definition) is 4. The first-order valence-corrected chi connectivity index (χ1v) is 8.33. The number of nitrogens with one attached hydrogen (secondary N) is 1. The topological polar surface area (TPSA) is 131 Å². The molecule has 7 nitrogen and oxygen atoms in total. The van der Waals surface area contributed by atoms with E-state index in [1.807, 2.05) is 24.3 Å². The quantitative estimate of drug-likeness (QED) is 0.324. The fraction of sp³-hybridized carbons (Fsp3) is 0.389. The molecule has 134 valence electrons. The molecule has 1 heterocycles. The van der Waals surface area contributed by atoms with Gasteiger partial charge in [0, 0.05) is 12.2 Å². The van der Waals surface area contributed by atoms with Gasteiger partial charge in [0.25, 0.3) is 0 Å². The van der Waals surface area contributed by atoms with Crippen LogP contribution >= 0.6 is 0 Å². The van der Waals surface area contributed by atoms with Crippen molar-refractivity contribution in [2.75, 3.05) is 11.9 Å². The van der Waals surface area contributed by atoms with Gasteiger partial charge in [0.2, 0.25) is 5.91 Å². The number of amides is 1. The molecule has 1 aromatic rings. The molecule has 1 amide bonds. The Balaban J connectivity index is 1.88. The molecule has 0 aromatic heterocycles. The van der Waals surface area contributed by atoms with Gasteiger partial charge in [-0.1, -0.05) is 24.3 Å². The summed E-state index contributed by atoms with van der Waals surface area (Å²) < 4.78 is 0. The van der Waals surface area contributed by atoms with Crippen molar-refractivity contribution < 1.29 is 14.7 Å². The largest absolute Gasteiger partial charge is 0.481 e. The zero-order chi connectivity index (χ0) is 18.2. The lowest BCUT2D eigenvalue weighted by molar-refractivity contribution is -0.140. The van der Waals surface area contributed by atoms with Crippen molar-refractivity contribution in [3.63, 3.8) is 0 Å². The smallest absolute Gasteiger partial charge is 0.304 e. The second-order valence-electron chi connectivity index (χ2n) is 6.11. The number of fused-ring (bicyclic) bond motifs is 1. The molecular formula is C18H24N4O3. The second kappa shape index (κ2) is 8.86. The number of rotatable bonds is 8. The van der Waals surface area contributed by atoms with Crippen LogP contribution in [-0.4, -0.2) is 29.5 Å². The van der Waals surface area contributed by atoms with E-state index in [-0.39, 0.29) is 18.3 Å². The zero-order valence-electron chi connectivity index (χ0n) is 14.1. The molecule has 1 aromatic carbocycles. The molecule has 0 bridgehead atoms. The Hall–Kier alpha value is -2.83. The maximum Gasteiger partial charge on any atom is 0.304 e. The summed E-state index contributed by atoms with van der Waals surface area (Å²) in [5.41, 5.74) is 13.3. The van der Waals surface area contributed by atoms with E-state index in [0.29, 0.717) is 13.0 Å². The number of guanidine groups is 1. The Kier molecular flexibility index (Phi) is 6.56. The van der Waals surface area contributed by atoms with Crippen LogP contribution in [0.15, 0.2) is 29.3 Å².